The maximum absolute atomic E-state index is 10.4. The first-order valence-corrected chi connectivity index (χ1v) is 5.07. The van der Waals surface area contributed by atoms with Gasteiger partial charge in [0.05, 0.1) is 0 Å². The van der Waals surface area contributed by atoms with Crippen molar-refractivity contribution in [2.45, 2.75) is 5.91 Å². The normalized spacial score (nSPS) is 21.1. The summed E-state index contributed by atoms with van der Waals surface area (Å²) in [5, 5.41) is 0. The molecule has 0 spiro atoms. The van der Waals surface area contributed by atoms with Crippen molar-refractivity contribution in [2.24, 2.45) is 0 Å². The molecule has 1 rings (SSSR count). The molecule has 0 saturated carbocycles. The highest BCUT2D eigenvalue weighted by Gasteiger charge is 2.36. The molecule has 0 fully saturated rings. The van der Waals surface area contributed by atoms with Gasteiger partial charge >= 0.3 is 0 Å². The van der Waals surface area contributed by atoms with Crippen LogP contribution in [0.2, 0.25) is 0 Å². The number of nitrogens with zero attached hydrogens (tertiary/aromatic N) is 1. The fourth-order valence-corrected chi connectivity index (χ4v) is 1.58. The minimum atomic E-state index is -2.63. The molecular formula is C8H12NO5S-. The average Bonchev–Trinajstić information content (AvgIpc) is 2.21. The highest BCUT2D eigenvalue weighted by molar-refractivity contribution is 7.74. The van der Waals surface area contributed by atoms with Gasteiger partial charge in [-0.2, -0.15) is 0 Å². The topological polar surface area (TPSA) is 71.1 Å². The second-order valence-corrected chi connectivity index (χ2v) is 3.32. The van der Waals surface area contributed by atoms with E-state index >= 15 is 0 Å². The summed E-state index contributed by atoms with van der Waals surface area (Å²) >= 11 is -2.63. The molecule has 1 heterocycles. The second kappa shape index (κ2) is 4.75. The van der Waals surface area contributed by atoms with Gasteiger partial charge in [-0.3, -0.25) is 4.90 Å². The van der Waals surface area contributed by atoms with E-state index < -0.39 is 17.3 Å². The van der Waals surface area contributed by atoms with E-state index in [1.807, 2.05) is 0 Å². The number of hydrogen-bond acceptors (Lipinski definition) is 6. The number of ether oxygens (including phenoxy) is 2. The fourth-order valence-electron chi connectivity index (χ4n) is 1.28. The summed E-state index contributed by atoms with van der Waals surface area (Å²) < 4.78 is 35.7. The molecule has 7 heteroatoms. The highest BCUT2D eigenvalue weighted by Crippen LogP contribution is 2.26. The highest BCUT2D eigenvalue weighted by atomic mass is 32.2. The predicted octanol–water partition coefficient (Wildman–Crippen LogP) is 0.0867. The summed E-state index contributed by atoms with van der Waals surface area (Å²) in [4.78, 5) is 1.42. The van der Waals surface area contributed by atoms with E-state index in [1.54, 1.807) is 19.2 Å². The van der Waals surface area contributed by atoms with Crippen molar-refractivity contribution in [1.29, 1.82) is 0 Å². The molecule has 0 aromatic carbocycles. The summed E-state index contributed by atoms with van der Waals surface area (Å²) in [5.41, 5.74) is 0. The Morgan fingerprint density at radius 1 is 1.47 bits per heavy atom. The number of methoxy groups -OCH3 is 2. The van der Waals surface area contributed by atoms with Crippen molar-refractivity contribution in [3.63, 3.8) is 0 Å². The molecule has 15 heavy (non-hydrogen) atoms. The Labute approximate surface area is 90.6 Å². The van der Waals surface area contributed by atoms with Gasteiger partial charge in [-0.25, -0.2) is 4.21 Å². The molecule has 0 aromatic rings. The third-order valence-corrected chi connectivity index (χ3v) is 2.39. The standard InChI is InChI=1S/C8H13NO5S/c1-9-7(14-15(10)11)5-4-6-8(9,12-2)13-3/h4-6H,1-3H3,(H,10,11)/p-1. The SMILES string of the molecule is COC1(OC)C=CC=C(OS(=O)[O-])N1C. The van der Waals surface area contributed by atoms with Gasteiger partial charge in [0.25, 0.3) is 5.91 Å². The van der Waals surface area contributed by atoms with E-state index in [0.29, 0.717) is 0 Å². The zero-order valence-electron chi connectivity index (χ0n) is 8.63. The van der Waals surface area contributed by atoms with E-state index in [9.17, 15) is 8.76 Å². The Morgan fingerprint density at radius 2 is 2.07 bits per heavy atom. The summed E-state index contributed by atoms with van der Waals surface area (Å²) in [5.74, 6) is -1.02. The number of allylic oxidation sites excluding steroid dienone is 2. The minimum absolute atomic E-state index is 0.120. The molecule has 1 aliphatic heterocycles. The maximum Gasteiger partial charge on any atom is 0.274 e. The van der Waals surface area contributed by atoms with Gasteiger partial charge in [-0.15, -0.1) is 0 Å². The molecule has 6 nitrogen and oxygen atoms in total. The molecule has 0 amide bonds. The quantitative estimate of drug-likeness (QED) is 0.507. The molecule has 0 N–H and O–H groups in total. The van der Waals surface area contributed by atoms with Gasteiger partial charge in [0.2, 0.25) is 5.88 Å². The fraction of sp³-hybridized carbons (Fsp3) is 0.500. The Balaban J connectivity index is 2.90. The summed E-state index contributed by atoms with van der Waals surface area (Å²) in [6.07, 6.45) is 4.72. The Hall–Kier alpha value is -0.890. The van der Waals surface area contributed by atoms with Crippen molar-refractivity contribution < 1.29 is 22.4 Å². The van der Waals surface area contributed by atoms with Crippen LogP contribution < -0.4 is 0 Å². The van der Waals surface area contributed by atoms with Crippen LogP contribution in [0.25, 0.3) is 0 Å². The summed E-state index contributed by atoms with van der Waals surface area (Å²) in [6, 6.07) is 0. The summed E-state index contributed by atoms with van der Waals surface area (Å²) in [6.45, 7) is 0. The molecule has 0 aromatic heterocycles. The maximum atomic E-state index is 10.4. The number of hydrogen-bond donors (Lipinski definition) is 0. The molecule has 0 saturated heterocycles. The Bertz CT molecular complexity index is 310. The first-order chi connectivity index (χ1) is 7.05. The third-order valence-electron chi connectivity index (χ3n) is 2.08. The van der Waals surface area contributed by atoms with Crippen LogP contribution in [-0.2, 0) is 25.0 Å². The average molecular weight is 234 g/mol. The number of likely N-dealkylation sites (N-methyl/N-ethyl adjacent to an activating group) is 1. The molecule has 1 atom stereocenters. The van der Waals surface area contributed by atoms with Gasteiger partial charge in [0, 0.05) is 21.3 Å². The Kier molecular flexibility index (Phi) is 3.86. The lowest BCUT2D eigenvalue weighted by atomic mass is 10.3. The van der Waals surface area contributed by atoms with Crippen molar-refractivity contribution in [3.05, 3.63) is 24.1 Å². The van der Waals surface area contributed by atoms with Crippen LogP contribution in [0, 0.1) is 0 Å². The molecule has 1 unspecified atom stereocenters. The second-order valence-electron chi connectivity index (χ2n) is 2.75. The lowest BCUT2D eigenvalue weighted by Gasteiger charge is -2.39. The van der Waals surface area contributed by atoms with Gasteiger partial charge in [0.1, 0.15) is 11.4 Å². The van der Waals surface area contributed by atoms with Gasteiger partial charge < -0.3 is 18.2 Å². The van der Waals surface area contributed by atoms with E-state index in [2.05, 4.69) is 4.18 Å². The van der Waals surface area contributed by atoms with Crippen molar-refractivity contribution >= 4 is 11.4 Å². The van der Waals surface area contributed by atoms with Gasteiger partial charge in [-0.05, 0) is 12.2 Å². The van der Waals surface area contributed by atoms with Crippen LogP contribution >= 0.6 is 0 Å². The minimum Gasteiger partial charge on any atom is -0.740 e. The molecule has 86 valence electrons. The van der Waals surface area contributed by atoms with Crippen molar-refractivity contribution in [1.82, 2.24) is 4.90 Å². The lowest BCUT2D eigenvalue weighted by Crippen LogP contribution is -2.49. The van der Waals surface area contributed by atoms with E-state index in [-0.39, 0.29) is 5.88 Å². The van der Waals surface area contributed by atoms with Crippen LogP contribution in [0.4, 0.5) is 0 Å². The van der Waals surface area contributed by atoms with Crippen LogP contribution in [0.1, 0.15) is 0 Å². The van der Waals surface area contributed by atoms with E-state index in [1.165, 1.54) is 25.2 Å². The van der Waals surface area contributed by atoms with Crippen LogP contribution in [0.3, 0.4) is 0 Å². The lowest BCUT2D eigenvalue weighted by molar-refractivity contribution is -0.252. The van der Waals surface area contributed by atoms with Crippen LogP contribution in [-0.4, -0.2) is 40.8 Å². The van der Waals surface area contributed by atoms with Gasteiger partial charge in [-0.1, -0.05) is 6.08 Å². The molecular weight excluding hydrogens is 222 g/mol. The number of rotatable bonds is 4. The van der Waals surface area contributed by atoms with Crippen molar-refractivity contribution in [3.8, 4) is 0 Å². The van der Waals surface area contributed by atoms with E-state index in [0.717, 1.165) is 0 Å². The van der Waals surface area contributed by atoms with E-state index in [4.69, 9.17) is 9.47 Å². The molecule has 1 aliphatic rings. The molecule has 0 radical (unpaired) electrons. The van der Waals surface area contributed by atoms with Crippen molar-refractivity contribution in [2.75, 3.05) is 21.3 Å². The van der Waals surface area contributed by atoms with Crippen LogP contribution in [0.5, 0.6) is 0 Å². The predicted molar refractivity (Wildman–Crippen MR) is 51.7 cm³/mol. The zero-order valence-corrected chi connectivity index (χ0v) is 9.45. The van der Waals surface area contributed by atoms with Crippen LogP contribution in [0.15, 0.2) is 24.1 Å². The molecule has 0 bridgehead atoms. The monoisotopic (exact) mass is 234 g/mol. The van der Waals surface area contributed by atoms with Gasteiger partial charge in [0.15, 0.2) is 0 Å². The largest absolute Gasteiger partial charge is 0.740 e. The summed E-state index contributed by atoms with van der Waals surface area (Å²) in [7, 11) is 4.48. The smallest absolute Gasteiger partial charge is 0.274 e. The zero-order chi connectivity index (χ0) is 11.5. The Morgan fingerprint density at radius 3 is 2.53 bits per heavy atom. The third kappa shape index (κ3) is 2.37. The molecule has 0 aliphatic carbocycles. The first-order valence-electron chi connectivity index (χ1n) is 4.07. The first kappa shape index (κ1) is 12.2.